The van der Waals surface area contributed by atoms with Gasteiger partial charge in [-0.1, -0.05) is 13.3 Å². The fraction of sp³-hybridized carbons (Fsp3) is 0.909. The Balaban J connectivity index is 3.54. The van der Waals surface area contributed by atoms with Gasteiger partial charge in [0.2, 0.25) is 0 Å². The van der Waals surface area contributed by atoms with E-state index in [1.165, 1.54) is 19.3 Å². The third kappa shape index (κ3) is 7.23. The van der Waals surface area contributed by atoms with Crippen molar-refractivity contribution in [3.8, 4) is 6.07 Å². The van der Waals surface area contributed by atoms with Gasteiger partial charge in [0, 0.05) is 6.54 Å². The lowest BCUT2D eigenvalue weighted by Gasteiger charge is -2.21. The standard InChI is InChI=1S/C11H22N2S/c1-3-13(10-11(2)9-12)7-5-4-6-8-14/h11,14H,3-8,10H2,1-2H3. The van der Waals surface area contributed by atoms with Crippen LogP contribution in [0.15, 0.2) is 0 Å². The Hall–Kier alpha value is -0.200. The summed E-state index contributed by atoms with van der Waals surface area (Å²) in [5.41, 5.74) is 0. The zero-order valence-corrected chi connectivity index (χ0v) is 10.3. The molecule has 82 valence electrons. The van der Waals surface area contributed by atoms with Gasteiger partial charge in [-0.15, -0.1) is 0 Å². The molecular weight excluding hydrogens is 192 g/mol. The summed E-state index contributed by atoms with van der Waals surface area (Å²) < 4.78 is 0. The van der Waals surface area contributed by atoms with Crippen molar-refractivity contribution in [1.82, 2.24) is 4.90 Å². The van der Waals surface area contributed by atoms with E-state index in [1.54, 1.807) is 0 Å². The van der Waals surface area contributed by atoms with E-state index in [9.17, 15) is 0 Å². The van der Waals surface area contributed by atoms with Crippen LogP contribution in [0.1, 0.15) is 33.1 Å². The van der Waals surface area contributed by atoms with E-state index in [1.807, 2.05) is 6.92 Å². The number of nitriles is 1. The van der Waals surface area contributed by atoms with Gasteiger partial charge in [-0.25, -0.2) is 0 Å². The molecule has 0 amide bonds. The van der Waals surface area contributed by atoms with E-state index in [-0.39, 0.29) is 5.92 Å². The van der Waals surface area contributed by atoms with Crippen molar-refractivity contribution in [2.75, 3.05) is 25.4 Å². The van der Waals surface area contributed by atoms with Gasteiger partial charge in [0.05, 0.1) is 12.0 Å². The SMILES string of the molecule is CCN(CCCCCS)CC(C)C#N. The Labute approximate surface area is 93.7 Å². The molecule has 0 aliphatic heterocycles. The van der Waals surface area contributed by atoms with Crippen LogP contribution < -0.4 is 0 Å². The van der Waals surface area contributed by atoms with Crippen LogP contribution in [-0.2, 0) is 0 Å². The number of unbranched alkanes of at least 4 members (excludes halogenated alkanes) is 2. The van der Waals surface area contributed by atoms with E-state index >= 15 is 0 Å². The van der Waals surface area contributed by atoms with Gasteiger partial charge in [-0.05, 0) is 38.6 Å². The van der Waals surface area contributed by atoms with Gasteiger partial charge in [-0.3, -0.25) is 0 Å². The van der Waals surface area contributed by atoms with E-state index in [2.05, 4.69) is 30.5 Å². The maximum absolute atomic E-state index is 8.70. The molecule has 0 spiro atoms. The van der Waals surface area contributed by atoms with Crippen molar-refractivity contribution in [2.45, 2.75) is 33.1 Å². The predicted octanol–water partition coefficient (Wildman–Crippen LogP) is 2.57. The van der Waals surface area contributed by atoms with Crippen LogP contribution >= 0.6 is 12.6 Å². The van der Waals surface area contributed by atoms with E-state index in [0.717, 1.165) is 25.4 Å². The first-order valence-electron chi connectivity index (χ1n) is 5.47. The predicted molar refractivity (Wildman–Crippen MR) is 64.6 cm³/mol. The first-order valence-corrected chi connectivity index (χ1v) is 6.10. The number of nitrogens with zero attached hydrogens (tertiary/aromatic N) is 2. The molecule has 1 atom stereocenters. The van der Waals surface area contributed by atoms with E-state index < -0.39 is 0 Å². The summed E-state index contributed by atoms with van der Waals surface area (Å²) in [4.78, 5) is 2.35. The molecule has 0 aromatic carbocycles. The smallest absolute Gasteiger partial charge is 0.0666 e. The lowest BCUT2D eigenvalue weighted by atomic mass is 10.2. The number of rotatable bonds is 8. The molecule has 1 unspecified atom stereocenters. The molecule has 0 saturated heterocycles. The topological polar surface area (TPSA) is 27.0 Å². The second-order valence-electron chi connectivity index (χ2n) is 3.71. The minimum Gasteiger partial charge on any atom is -0.302 e. The van der Waals surface area contributed by atoms with Crippen LogP contribution in [0.4, 0.5) is 0 Å². The Kier molecular flexibility index (Phi) is 9.23. The van der Waals surface area contributed by atoms with Gasteiger partial charge >= 0.3 is 0 Å². The largest absolute Gasteiger partial charge is 0.302 e. The molecule has 0 fully saturated rings. The molecule has 0 heterocycles. The van der Waals surface area contributed by atoms with Crippen molar-refractivity contribution < 1.29 is 0 Å². The molecular formula is C11H22N2S. The van der Waals surface area contributed by atoms with Gasteiger partial charge in [0.25, 0.3) is 0 Å². The fourth-order valence-corrected chi connectivity index (χ4v) is 1.65. The molecule has 0 aliphatic carbocycles. The summed E-state index contributed by atoms with van der Waals surface area (Å²) in [6.07, 6.45) is 3.68. The van der Waals surface area contributed by atoms with Crippen LogP contribution in [0.5, 0.6) is 0 Å². The minimum atomic E-state index is 0.153. The van der Waals surface area contributed by atoms with E-state index in [4.69, 9.17) is 5.26 Å². The molecule has 0 radical (unpaired) electrons. The zero-order chi connectivity index (χ0) is 10.8. The molecule has 0 N–H and O–H groups in total. The molecule has 0 rings (SSSR count). The van der Waals surface area contributed by atoms with Crippen molar-refractivity contribution in [1.29, 1.82) is 5.26 Å². The quantitative estimate of drug-likeness (QED) is 0.496. The highest BCUT2D eigenvalue weighted by atomic mass is 32.1. The summed E-state index contributed by atoms with van der Waals surface area (Å²) in [5, 5.41) is 8.70. The molecule has 14 heavy (non-hydrogen) atoms. The van der Waals surface area contributed by atoms with Crippen LogP contribution in [0.25, 0.3) is 0 Å². The normalized spacial score (nSPS) is 12.8. The van der Waals surface area contributed by atoms with Gasteiger partial charge < -0.3 is 4.90 Å². The van der Waals surface area contributed by atoms with Crippen molar-refractivity contribution in [2.24, 2.45) is 5.92 Å². The second kappa shape index (κ2) is 9.36. The van der Waals surface area contributed by atoms with Crippen LogP contribution in [0.3, 0.4) is 0 Å². The molecule has 0 aromatic heterocycles. The maximum atomic E-state index is 8.70. The van der Waals surface area contributed by atoms with E-state index in [0.29, 0.717) is 0 Å². The van der Waals surface area contributed by atoms with Crippen LogP contribution in [-0.4, -0.2) is 30.3 Å². The van der Waals surface area contributed by atoms with Crippen molar-refractivity contribution in [3.63, 3.8) is 0 Å². The van der Waals surface area contributed by atoms with Crippen LogP contribution in [0.2, 0.25) is 0 Å². The van der Waals surface area contributed by atoms with Crippen molar-refractivity contribution in [3.05, 3.63) is 0 Å². The Morgan fingerprint density at radius 1 is 1.36 bits per heavy atom. The molecule has 2 nitrogen and oxygen atoms in total. The lowest BCUT2D eigenvalue weighted by molar-refractivity contribution is 0.263. The summed E-state index contributed by atoms with van der Waals surface area (Å²) >= 11 is 4.18. The van der Waals surface area contributed by atoms with Gasteiger partial charge in [0.1, 0.15) is 0 Å². The molecule has 3 heteroatoms. The van der Waals surface area contributed by atoms with Crippen LogP contribution in [0, 0.1) is 17.2 Å². The molecule has 0 aliphatic rings. The fourth-order valence-electron chi connectivity index (χ4n) is 1.43. The maximum Gasteiger partial charge on any atom is 0.0666 e. The summed E-state index contributed by atoms with van der Waals surface area (Å²) in [5.74, 6) is 1.14. The Morgan fingerprint density at radius 3 is 2.57 bits per heavy atom. The Bertz CT molecular complexity index is 165. The molecule has 0 bridgehead atoms. The zero-order valence-electron chi connectivity index (χ0n) is 9.37. The average Bonchev–Trinajstić information content (AvgIpc) is 2.22. The molecule has 0 aromatic rings. The number of thiol groups is 1. The second-order valence-corrected chi connectivity index (χ2v) is 4.15. The third-order valence-corrected chi connectivity index (χ3v) is 2.65. The van der Waals surface area contributed by atoms with Gasteiger partial charge in [0.15, 0.2) is 0 Å². The highest BCUT2D eigenvalue weighted by Crippen LogP contribution is 2.03. The van der Waals surface area contributed by atoms with Crippen molar-refractivity contribution >= 4 is 12.6 Å². The number of hydrogen-bond acceptors (Lipinski definition) is 3. The monoisotopic (exact) mass is 214 g/mol. The first kappa shape index (κ1) is 13.8. The summed E-state index contributed by atoms with van der Waals surface area (Å²) in [6.45, 7) is 7.22. The highest BCUT2D eigenvalue weighted by molar-refractivity contribution is 7.80. The highest BCUT2D eigenvalue weighted by Gasteiger charge is 2.06. The summed E-state index contributed by atoms with van der Waals surface area (Å²) in [7, 11) is 0. The lowest BCUT2D eigenvalue weighted by Crippen LogP contribution is -2.29. The van der Waals surface area contributed by atoms with Gasteiger partial charge in [-0.2, -0.15) is 17.9 Å². The minimum absolute atomic E-state index is 0.153. The average molecular weight is 214 g/mol. The third-order valence-electron chi connectivity index (χ3n) is 2.33. The number of hydrogen-bond donors (Lipinski definition) is 1. The Morgan fingerprint density at radius 2 is 2.07 bits per heavy atom. The summed E-state index contributed by atoms with van der Waals surface area (Å²) in [6, 6.07) is 2.28. The molecule has 0 saturated carbocycles. The first-order chi connectivity index (χ1) is 6.74.